The van der Waals surface area contributed by atoms with Crippen molar-refractivity contribution < 1.29 is 19.0 Å². The third-order valence-corrected chi connectivity index (χ3v) is 4.40. The van der Waals surface area contributed by atoms with Crippen LogP contribution in [0.3, 0.4) is 0 Å². The molecule has 0 unspecified atom stereocenters. The molecule has 0 saturated carbocycles. The summed E-state index contributed by atoms with van der Waals surface area (Å²) < 4.78 is 7.26. The Kier molecular flexibility index (Phi) is 6.74. The van der Waals surface area contributed by atoms with E-state index >= 15 is 0 Å². The third-order valence-electron chi connectivity index (χ3n) is 3.67. The van der Waals surface area contributed by atoms with Crippen LogP contribution in [0.1, 0.15) is 26.9 Å². The van der Waals surface area contributed by atoms with Crippen molar-refractivity contribution in [1.29, 1.82) is 0 Å². The van der Waals surface area contributed by atoms with Gasteiger partial charge >= 0.3 is 11.8 Å². The molecule has 12 nitrogen and oxygen atoms in total. The third kappa shape index (κ3) is 5.39. The van der Waals surface area contributed by atoms with Gasteiger partial charge in [-0.15, -0.1) is 0 Å². The summed E-state index contributed by atoms with van der Waals surface area (Å²) in [6.45, 7) is 0.374. The first kappa shape index (κ1) is 21.4. The van der Waals surface area contributed by atoms with Gasteiger partial charge in [0.1, 0.15) is 11.6 Å². The normalized spacial score (nSPS) is 10.6. The fraction of sp³-hybridized carbons (Fsp3) is 0.188. The molecule has 1 aromatic carbocycles. The van der Waals surface area contributed by atoms with Crippen LogP contribution >= 0.6 is 27.5 Å². The van der Waals surface area contributed by atoms with Gasteiger partial charge in [0.15, 0.2) is 5.82 Å². The van der Waals surface area contributed by atoms with Crippen molar-refractivity contribution in [2.24, 2.45) is 0 Å². The lowest BCUT2D eigenvalue weighted by molar-refractivity contribution is -0.384. The average Bonchev–Trinajstić information content (AvgIpc) is 3.34. The second kappa shape index (κ2) is 9.45. The average molecular weight is 499 g/mol. The van der Waals surface area contributed by atoms with Crippen LogP contribution < -0.4 is 10.6 Å². The molecule has 2 heterocycles. The molecule has 0 spiro atoms. The predicted octanol–water partition coefficient (Wildman–Crippen LogP) is 1.80. The largest absolute Gasteiger partial charge is 0.350 e. The van der Waals surface area contributed by atoms with E-state index in [0.29, 0.717) is 0 Å². The van der Waals surface area contributed by atoms with Gasteiger partial charge in [-0.25, -0.2) is 0 Å². The number of halogens is 2. The van der Waals surface area contributed by atoms with E-state index < -0.39 is 16.7 Å². The number of nitrogens with one attached hydrogen (secondary N) is 2. The maximum Gasteiger partial charge on any atom is 0.316 e. The Morgan fingerprint density at radius 2 is 2.00 bits per heavy atom. The molecule has 156 valence electrons. The lowest BCUT2D eigenvalue weighted by Crippen LogP contribution is -2.34. The smallest absolute Gasteiger partial charge is 0.316 e. The number of aromatic nitrogens is 4. The van der Waals surface area contributed by atoms with E-state index in [1.54, 1.807) is 17.1 Å². The van der Waals surface area contributed by atoms with Gasteiger partial charge in [0.2, 0.25) is 0 Å². The summed E-state index contributed by atoms with van der Waals surface area (Å²) >= 11 is 8.99. The number of amides is 2. The van der Waals surface area contributed by atoms with E-state index in [9.17, 15) is 19.7 Å². The maximum atomic E-state index is 12.1. The van der Waals surface area contributed by atoms with Gasteiger partial charge < -0.3 is 15.2 Å². The number of hydrogen-bond acceptors (Lipinski definition) is 8. The molecule has 0 aliphatic heterocycles. The molecule has 2 N–H and O–H groups in total. The van der Waals surface area contributed by atoms with Crippen LogP contribution in [0.4, 0.5) is 5.69 Å². The van der Waals surface area contributed by atoms with Gasteiger partial charge in [0.05, 0.1) is 15.6 Å². The van der Waals surface area contributed by atoms with Crippen LogP contribution in [-0.2, 0) is 6.54 Å². The first-order valence-corrected chi connectivity index (χ1v) is 9.51. The predicted molar refractivity (Wildman–Crippen MR) is 106 cm³/mol. The number of nitro groups is 1. The van der Waals surface area contributed by atoms with Crippen molar-refractivity contribution in [1.82, 2.24) is 30.6 Å². The van der Waals surface area contributed by atoms with Gasteiger partial charge in [-0.1, -0.05) is 16.8 Å². The van der Waals surface area contributed by atoms with E-state index in [-0.39, 0.29) is 47.6 Å². The molecular formula is C16H13BrClN7O5. The molecule has 3 rings (SSSR count). The molecule has 2 amide bonds. The number of benzene rings is 1. The standard InChI is InChI=1S/C16H13BrClN7O5/c17-10-6-21-24(7-10)8-13-22-16(30-23-13)15(27)20-4-3-19-14(26)9-1-2-11(18)12(5-9)25(28)29/h1-2,5-7H,3-4,8H2,(H,19,26)(H,20,27). The van der Waals surface area contributed by atoms with Gasteiger partial charge in [-0.2, -0.15) is 10.1 Å². The Labute approximate surface area is 181 Å². The molecule has 2 aromatic heterocycles. The Morgan fingerprint density at radius 1 is 1.27 bits per heavy atom. The zero-order valence-corrected chi connectivity index (χ0v) is 17.4. The highest BCUT2D eigenvalue weighted by molar-refractivity contribution is 9.10. The maximum absolute atomic E-state index is 12.1. The highest BCUT2D eigenvalue weighted by Gasteiger charge is 2.17. The number of rotatable bonds is 8. The van der Waals surface area contributed by atoms with Gasteiger partial charge in [0.25, 0.3) is 11.6 Å². The van der Waals surface area contributed by atoms with Crippen LogP contribution in [0.5, 0.6) is 0 Å². The van der Waals surface area contributed by atoms with Crippen LogP contribution in [0.2, 0.25) is 5.02 Å². The first-order chi connectivity index (χ1) is 14.3. The summed E-state index contributed by atoms with van der Waals surface area (Å²) in [6.07, 6.45) is 3.32. The summed E-state index contributed by atoms with van der Waals surface area (Å²) in [6, 6.07) is 3.71. The lowest BCUT2D eigenvalue weighted by Gasteiger charge is -2.06. The summed E-state index contributed by atoms with van der Waals surface area (Å²) in [7, 11) is 0. The minimum atomic E-state index is -0.677. The molecule has 0 fully saturated rings. The minimum Gasteiger partial charge on any atom is -0.350 e. The topological polar surface area (TPSA) is 158 Å². The zero-order chi connectivity index (χ0) is 21.7. The van der Waals surface area contributed by atoms with Gasteiger partial charge in [-0.05, 0) is 28.1 Å². The second-order valence-electron chi connectivity index (χ2n) is 5.81. The van der Waals surface area contributed by atoms with Crippen molar-refractivity contribution in [2.75, 3.05) is 13.1 Å². The van der Waals surface area contributed by atoms with Crippen LogP contribution in [0, 0.1) is 10.1 Å². The van der Waals surface area contributed by atoms with E-state index in [0.717, 1.165) is 10.5 Å². The molecule has 0 saturated heterocycles. The second-order valence-corrected chi connectivity index (χ2v) is 7.13. The molecule has 14 heteroatoms. The number of carbonyl (C=O) groups is 2. The Bertz CT molecular complexity index is 1100. The SMILES string of the molecule is O=C(NCCNC(=O)c1nc(Cn2cc(Br)cn2)no1)c1ccc(Cl)c([N+](=O)[O-])c1. The molecule has 0 bridgehead atoms. The molecular weight excluding hydrogens is 486 g/mol. The summed E-state index contributed by atoms with van der Waals surface area (Å²) in [5, 5.41) is 23.6. The lowest BCUT2D eigenvalue weighted by atomic mass is 10.2. The van der Waals surface area contributed by atoms with Crippen molar-refractivity contribution >= 4 is 45.0 Å². The van der Waals surface area contributed by atoms with Gasteiger partial charge in [0, 0.05) is 30.9 Å². The van der Waals surface area contributed by atoms with Crippen molar-refractivity contribution in [3.8, 4) is 0 Å². The molecule has 0 radical (unpaired) electrons. The minimum absolute atomic E-state index is 0.0667. The molecule has 0 aliphatic carbocycles. The number of nitro benzene ring substituents is 1. The van der Waals surface area contributed by atoms with E-state index in [1.165, 1.54) is 12.1 Å². The van der Waals surface area contributed by atoms with Gasteiger partial charge in [-0.3, -0.25) is 24.4 Å². The fourth-order valence-electron chi connectivity index (χ4n) is 2.30. The summed E-state index contributed by atoms with van der Waals surface area (Å²) in [5.74, 6) is -1.11. The quantitative estimate of drug-likeness (QED) is 0.270. The summed E-state index contributed by atoms with van der Waals surface area (Å²) in [4.78, 5) is 38.3. The van der Waals surface area contributed by atoms with Crippen LogP contribution in [-0.4, -0.2) is 49.7 Å². The molecule has 30 heavy (non-hydrogen) atoms. The molecule has 3 aromatic rings. The Hall–Kier alpha value is -3.32. The summed E-state index contributed by atoms with van der Waals surface area (Å²) in [5.41, 5.74) is -0.295. The van der Waals surface area contributed by atoms with Crippen molar-refractivity contribution in [3.05, 3.63) is 67.5 Å². The highest BCUT2D eigenvalue weighted by Crippen LogP contribution is 2.24. The molecule has 0 aliphatic rings. The Morgan fingerprint density at radius 3 is 2.67 bits per heavy atom. The number of carbonyl (C=O) groups excluding carboxylic acids is 2. The first-order valence-electron chi connectivity index (χ1n) is 8.34. The Balaban J connectivity index is 1.46. The van der Waals surface area contributed by atoms with Crippen LogP contribution in [0.15, 0.2) is 39.6 Å². The number of nitrogens with zero attached hydrogens (tertiary/aromatic N) is 5. The van der Waals surface area contributed by atoms with E-state index in [2.05, 4.69) is 41.8 Å². The van der Waals surface area contributed by atoms with E-state index in [4.69, 9.17) is 16.1 Å². The van der Waals surface area contributed by atoms with Crippen molar-refractivity contribution in [2.45, 2.75) is 6.54 Å². The molecule has 0 atom stereocenters. The monoisotopic (exact) mass is 497 g/mol. The highest BCUT2D eigenvalue weighted by atomic mass is 79.9. The van der Waals surface area contributed by atoms with E-state index in [1.807, 2.05) is 0 Å². The van der Waals surface area contributed by atoms with Crippen molar-refractivity contribution in [3.63, 3.8) is 0 Å². The fourth-order valence-corrected chi connectivity index (χ4v) is 2.82. The number of hydrogen-bond donors (Lipinski definition) is 2. The zero-order valence-electron chi connectivity index (χ0n) is 15.0. The van der Waals surface area contributed by atoms with Crippen LogP contribution in [0.25, 0.3) is 0 Å².